The molecule has 1 N–H and O–H groups in total. The van der Waals surface area contributed by atoms with Crippen LogP contribution in [0.15, 0.2) is 98.0 Å². The molecule has 0 saturated heterocycles. The number of nitrogens with one attached hydrogen (secondary N) is 1. The van der Waals surface area contributed by atoms with Crippen molar-refractivity contribution in [2.24, 2.45) is 16.4 Å². The minimum absolute atomic E-state index is 0.00210. The van der Waals surface area contributed by atoms with Crippen LogP contribution in [0.25, 0.3) is 10.4 Å². The first-order valence-corrected chi connectivity index (χ1v) is 19.0. The molecule has 0 spiro atoms. The molecule has 1 unspecified atom stereocenters. The summed E-state index contributed by atoms with van der Waals surface area (Å²) < 4.78 is 5.98. The molecule has 4 rings (SSSR count). The average Bonchev–Trinajstić information content (AvgIpc) is 3.51. The number of benzene rings is 1. The summed E-state index contributed by atoms with van der Waals surface area (Å²) in [5, 5.41) is 36.1. The summed E-state index contributed by atoms with van der Waals surface area (Å²) in [6.45, 7) is 16.6. The number of amides is 1. The van der Waals surface area contributed by atoms with Crippen LogP contribution in [0.2, 0.25) is 0 Å². The van der Waals surface area contributed by atoms with Gasteiger partial charge >= 0.3 is 0 Å². The van der Waals surface area contributed by atoms with E-state index in [0.29, 0.717) is 42.5 Å². The van der Waals surface area contributed by atoms with Crippen LogP contribution in [0.4, 0.5) is 5.69 Å². The van der Waals surface area contributed by atoms with E-state index in [-0.39, 0.29) is 33.6 Å². The number of ether oxygens (including phenoxy) is 1. The Balaban J connectivity index is 1.63. The lowest BCUT2D eigenvalue weighted by Crippen LogP contribution is -2.27. The maximum Gasteiger partial charge on any atom is 0.219 e. The molecular formula is C43H51ClN8O2. The van der Waals surface area contributed by atoms with Crippen molar-refractivity contribution in [3.8, 4) is 18.2 Å². The van der Waals surface area contributed by atoms with Gasteiger partial charge in [-0.2, -0.15) is 15.8 Å². The third kappa shape index (κ3) is 9.47. The lowest BCUT2D eigenvalue weighted by Gasteiger charge is -2.36. The second kappa shape index (κ2) is 17.7. The molecule has 0 saturated carbocycles. The van der Waals surface area contributed by atoms with Crippen molar-refractivity contribution in [2.75, 3.05) is 24.5 Å². The predicted octanol–water partition coefficient (Wildman–Crippen LogP) is 10.4. The first kappa shape index (κ1) is 41.6. The van der Waals surface area contributed by atoms with Crippen molar-refractivity contribution in [1.82, 2.24) is 5.32 Å². The van der Waals surface area contributed by atoms with Crippen molar-refractivity contribution in [3.63, 3.8) is 0 Å². The van der Waals surface area contributed by atoms with E-state index in [1.807, 2.05) is 38.1 Å². The number of rotatable bonds is 13. The third-order valence-electron chi connectivity index (χ3n) is 10.6. The van der Waals surface area contributed by atoms with E-state index >= 15 is 0 Å². The van der Waals surface area contributed by atoms with Crippen LogP contribution in [0.1, 0.15) is 99.0 Å². The van der Waals surface area contributed by atoms with Gasteiger partial charge in [-0.1, -0.05) is 94.2 Å². The lowest BCUT2D eigenvalue weighted by atomic mass is 9.70. The molecule has 2 heterocycles. The molecule has 0 radical (unpaired) electrons. The molecule has 11 heteroatoms. The van der Waals surface area contributed by atoms with E-state index in [4.69, 9.17) is 21.9 Å². The molecule has 1 aromatic carbocycles. The highest BCUT2D eigenvalue weighted by molar-refractivity contribution is 6.32. The number of anilines is 1. The van der Waals surface area contributed by atoms with Crippen LogP contribution in [0.3, 0.4) is 0 Å². The van der Waals surface area contributed by atoms with Crippen molar-refractivity contribution in [3.05, 3.63) is 109 Å². The molecule has 1 aliphatic carbocycles. The first-order chi connectivity index (χ1) is 25.6. The van der Waals surface area contributed by atoms with Crippen LogP contribution in [0, 0.1) is 45.3 Å². The molecule has 0 bridgehead atoms. The maximum absolute atomic E-state index is 12.3. The van der Waals surface area contributed by atoms with Crippen LogP contribution in [-0.4, -0.2) is 31.1 Å². The van der Waals surface area contributed by atoms with Gasteiger partial charge in [0.15, 0.2) is 11.3 Å². The smallest absolute Gasteiger partial charge is 0.219 e. The highest BCUT2D eigenvalue weighted by Gasteiger charge is 2.41. The minimum atomic E-state index is -0.919. The highest BCUT2D eigenvalue weighted by Crippen LogP contribution is 2.49. The molecule has 54 heavy (non-hydrogen) atoms. The Kier molecular flexibility index (Phi) is 13.7. The normalized spacial score (nSPS) is 20.4. The Morgan fingerprint density at radius 2 is 1.80 bits per heavy atom. The second-order valence-electron chi connectivity index (χ2n) is 16.1. The number of fused-ring (bicyclic) bond motifs is 1. The second-order valence-corrected chi connectivity index (χ2v) is 16.5. The van der Waals surface area contributed by atoms with Crippen LogP contribution in [0.5, 0.6) is 0 Å². The van der Waals surface area contributed by atoms with Crippen molar-refractivity contribution in [1.29, 1.82) is 15.8 Å². The van der Waals surface area contributed by atoms with Crippen LogP contribution >= 0.6 is 11.6 Å². The van der Waals surface area contributed by atoms with Gasteiger partial charge in [0, 0.05) is 58.4 Å². The average molecular weight is 747 g/mol. The van der Waals surface area contributed by atoms with Gasteiger partial charge in [0.2, 0.25) is 5.91 Å². The SMILES string of the molecule is CC1(C)OC(=C(C#N)C#N)C(C#N)=C1/C=C/C1=C(Cl)C(=C/C=C2/N(CCCCCC(=O)NCCCN=[N+]=[N-])c3ccccc3C2(C)C)/CC(C(C)(C)C)C1. The van der Waals surface area contributed by atoms with Gasteiger partial charge < -0.3 is 15.0 Å². The molecule has 0 aromatic heterocycles. The number of hydrogen-bond acceptors (Lipinski definition) is 7. The topological polar surface area (TPSA) is 162 Å². The Morgan fingerprint density at radius 1 is 1.07 bits per heavy atom. The summed E-state index contributed by atoms with van der Waals surface area (Å²) in [5.41, 5.74) is 13.4. The predicted molar refractivity (Wildman–Crippen MR) is 213 cm³/mol. The number of azide groups is 1. The van der Waals surface area contributed by atoms with Crippen molar-refractivity contribution >= 4 is 23.2 Å². The number of para-hydroxylation sites is 1. The molecule has 2 aliphatic heterocycles. The monoisotopic (exact) mass is 746 g/mol. The number of nitrogens with zero attached hydrogens (tertiary/aromatic N) is 7. The molecule has 282 valence electrons. The number of hydrogen-bond donors (Lipinski definition) is 1. The molecule has 10 nitrogen and oxygen atoms in total. The minimum Gasteiger partial charge on any atom is -0.480 e. The number of allylic oxidation sites excluding steroid dienone is 9. The van der Waals surface area contributed by atoms with Gasteiger partial charge in [0.1, 0.15) is 29.4 Å². The summed E-state index contributed by atoms with van der Waals surface area (Å²) in [6, 6.07) is 14.4. The standard InChI is InChI=1S/C43H51ClN8O2/c1-41(2,3)32-24-29(17-19-34-33(28-47)40(31(26-45)27-46)54-43(34,6)7)39(44)30(25-32)18-20-37-42(4,5)35-14-10-11-15-36(35)52(37)23-12-8-9-16-38(53)49-21-13-22-50-51-48/h10-11,14-15,17-20,32H,8-9,12-13,16,21-25H2,1-7H3,(H,49,53)/b19-17+,30-18+,37-20+. The number of carbonyl (C=O) groups excluding carboxylic acids is 1. The summed E-state index contributed by atoms with van der Waals surface area (Å²) >= 11 is 7.25. The Bertz CT molecular complexity index is 1980. The zero-order valence-electron chi connectivity index (χ0n) is 32.6. The molecular weight excluding hydrogens is 696 g/mol. The Labute approximate surface area is 325 Å². The molecule has 1 amide bonds. The van der Waals surface area contributed by atoms with Crippen molar-refractivity contribution < 1.29 is 9.53 Å². The fourth-order valence-corrected chi connectivity index (χ4v) is 7.63. The summed E-state index contributed by atoms with van der Waals surface area (Å²) in [7, 11) is 0. The van der Waals surface area contributed by atoms with Gasteiger partial charge in [-0.3, -0.25) is 4.79 Å². The van der Waals surface area contributed by atoms with Gasteiger partial charge in [0.05, 0.1) is 0 Å². The third-order valence-corrected chi connectivity index (χ3v) is 11.1. The van der Waals surface area contributed by atoms with E-state index in [0.717, 1.165) is 49.8 Å². The van der Waals surface area contributed by atoms with E-state index in [2.05, 4.69) is 97.3 Å². The van der Waals surface area contributed by atoms with Crippen LogP contribution in [-0.2, 0) is 14.9 Å². The van der Waals surface area contributed by atoms with Gasteiger partial charge in [0.25, 0.3) is 0 Å². The zero-order valence-corrected chi connectivity index (χ0v) is 33.3. The van der Waals surface area contributed by atoms with Gasteiger partial charge in [-0.15, -0.1) is 0 Å². The lowest BCUT2D eigenvalue weighted by molar-refractivity contribution is -0.121. The van der Waals surface area contributed by atoms with E-state index < -0.39 is 5.60 Å². The van der Waals surface area contributed by atoms with E-state index in [1.54, 1.807) is 0 Å². The first-order valence-electron chi connectivity index (χ1n) is 18.6. The summed E-state index contributed by atoms with van der Waals surface area (Å²) in [5.74, 6) is 0.336. The van der Waals surface area contributed by atoms with Crippen LogP contribution < -0.4 is 10.2 Å². The van der Waals surface area contributed by atoms with E-state index in [9.17, 15) is 20.6 Å². The van der Waals surface area contributed by atoms with Gasteiger partial charge in [-0.25, -0.2) is 0 Å². The fraction of sp³-hybridized carbons (Fsp3) is 0.488. The number of unbranched alkanes of at least 4 members (excludes halogenated alkanes) is 2. The van der Waals surface area contributed by atoms with Gasteiger partial charge in [-0.05, 0) is 91.7 Å². The summed E-state index contributed by atoms with van der Waals surface area (Å²) in [6.07, 6.45) is 13.5. The Morgan fingerprint density at radius 3 is 2.46 bits per heavy atom. The number of carbonyl (C=O) groups is 1. The quantitative estimate of drug-likeness (QED) is 0.0694. The number of nitriles is 3. The fourth-order valence-electron chi connectivity index (χ4n) is 7.35. The Hall–Kier alpha value is -5.20. The molecule has 1 atom stereocenters. The molecule has 3 aliphatic rings. The molecule has 1 aromatic rings. The number of halogens is 1. The highest BCUT2D eigenvalue weighted by atomic mass is 35.5. The maximum atomic E-state index is 12.3. The van der Waals surface area contributed by atoms with Crippen molar-refractivity contribution in [2.45, 2.75) is 104 Å². The summed E-state index contributed by atoms with van der Waals surface area (Å²) in [4.78, 5) is 17.4. The van der Waals surface area contributed by atoms with E-state index in [1.165, 1.54) is 16.9 Å². The molecule has 0 fully saturated rings. The largest absolute Gasteiger partial charge is 0.480 e. The zero-order chi connectivity index (χ0) is 39.7.